The number of nitrogens with zero attached hydrogens (tertiary/aromatic N) is 1. The predicted octanol–water partition coefficient (Wildman–Crippen LogP) is 2.98. The number of pyridine rings is 1. The summed E-state index contributed by atoms with van der Waals surface area (Å²) in [6.07, 6.45) is 2.39. The summed E-state index contributed by atoms with van der Waals surface area (Å²) in [7, 11) is 0. The van der Waals surface area contributed by atoms with Gasteiger partial charge in [-0.1, -0.05) is 24.3 Å². The summed E-state index contributed by atoms with van der Waals surface area (Å²) in [4.78, 5) is 15.8. The summed E-state index contributed by atoms with van der Waals surface area (Å²) in [6.45, 7) is 3.01. The molecule has 0 radical (unpaired) electrons. The molecular weight excluding hydrogens is 266 g/mol. The average molecular weight is 285 g/mol. The van der Waals surface area contributed by atoms with Crippen LogP contribution in [0.4, 0.5) is 10.6 Å². The fourth-order valence-electron chi connectivity index (χ4n) is 1.75. The van der Waals surface area contributed by atoms with Crippen molar-refractivity contribution in [3.05, 3.63) is 54.2 Å². The van der Waals surface area contributed by atoms with Crippen molar-refractivity contribution < 1.29 is 9.53 Å². The Kier molecular flexibility index (Phi) is 5.58. The molecule has 0 atom stereocenters. The molecule has 2 N–H and O–H groups in total. The van der Waals surface area contributed by atoms with Gasteiger partial charge in [0.15, 0.2) is 0 Å². The van der Waals surface area contributed by atoms with Crippen molar-refractivity contribution in [2.45, 2.75) is 13.3 Å². The summed E-state index contributed by atoms with van der Waals surface area (Å²) in [5.41, 5.74) is 0.931. The molecule has 1 heterocycles. The SMILES string of the molecule is Cc1cccnc1NC(=O)NCCCOc1ccccc1. The molecule has 0 spiro atoms. The molecular formula is C16H19N3O2. The number of hydrogen-bond donors (Lipinski definition) is 2. The van der Waals surface area contributed by atoms with Crippen LogP contribution in [0.15, 0.2) is 48.7 Å². The van der Waals surface area contributed by atoms with E-state index in [2.05, 4.69) is 15.6 Å². The van der Waals surface area contributed by atoms with E-state index in [-0.39, 0.29) is 6.03 Å². The summed E-state index contributed by atoms with van der Waals surface area (Å²) in [5, 5.41) is 5.49. The highest BCUT2D eigenvalue weighted by molar-refractivity contribution is 5.88. The Morgan fingerprint density at radius 1 is 1.19 bits per heavy atom. The van der Waals surface area contributed by atoms with Gasteiger partial charge < -0.3 is 10.1 Å². The number of benzene rings is 1. The topological polar surface area (TPSA) is 63.2 Å². The van der Waals surface area contributed by atoms with Crippen molar-refractivity contribution in [2.24, 2.45) is 0 Å². The van der Waals surface area contributed by atoms with E-state index in [0.717, 1.165) is 17.7 Å². The minimum Gasteiger partial charge on any atom is -0.494 e. The highest BCUT2D eigenvalue weighted by Crippen LogP contribution is 2.09. The molecule has 21 heavy (non-hydrogen) atoms. The first-order valence-electron chi connectivity index (χ1n) is 6.90. The van der Waals surface area contributed by atoms with E-state index < -0.39 is 0 Å². The van der Waals surface area contributed by atoms with Gasteiger partial charge in [0.2, 0.25) is 0 Å². The molecule has 0 saturated carbocycles. The van der Waals surface area contributed by atoms with E-state index >= 15 is 0 Å². The molecule has 0 aliphatic heterocycles. The van der Waals surface area contributed by atoms with Gasteiger partial charge in [-0.3, -0.25) is 5.32 Å². The first-order valence-corrected chi connectivity index (χ1v) is 6.90. The van der Waals surface area contributed by atoms with E-state index in [1.807, 2.05) is 49.4 Å². The highest BCUT2D eigenvalue weighted by atomic mass is 16.5. The summed E-state index contributed by atoms with van der Waals surface area (Å²) in [5.74, 6) is 1.42. The van der Waals surface area contributed by atoms with E-state index in [1.54, 1.807) is 6.20 Å². The Morgan fingerprint density at radius 3 is 2.76 bits per heavy atom. The van der Waals surface area contributed by atoms with Crippen LogP contribution < -0.4 is 15.4 Å². The normalized spacial score (nSPS) is 9.95. The number of amides is 2. The zero-order valence-corrected chi connectivity index (χ0v) is 12.0. The zero-order valence-electron chi connectivity index (χ0n) is 12.0. The smallest absolute Gasteiger partial charge is 0.320 e. The molecule has 110 valence electrons. The van der Waals surface area contributed by atoms with Gasteiger partial charge >= 0.3 is 6.03 Å². The molecule has 0 fully saturated rings. The van der Waals surface area contributed by atoms with Gasteiger partial charge in [0.05, 0.1) is 6.61 Å². The van der Waals surface area contributed by atoms with Crippen molar-refractivity contribution in [3.63, 3.8) is 0 Å². The molecule has 0 bridgehead atoms. The quantitative estimate of drug-likeness (QED) is 0.802. The van der Waals surface area contributed by atoms with E-state index in [1.165, 1.54) is 0 Å². The number of carbonyl (C=O) groups excluding carboxylic acids is 1. The van der Waals surface area contributed by atoms with Crippen LogP contribution in [0.3, 0.4) is 0 Å². The van der Waals surface area contributed by atoms with Crippen molar-refractivity contribution in [1.82, 2.24) is 10.3 Å². The number of para-hydroxylation sites is 1. The van der Waals surface area contributed by atoms with Crippen LogP contribution in [0.1, 0.15) is 12.0 Å². The Bertz CT molecular complexity index is 573. The molecule has 0 aliphatic rings. The lowest BCUT2D eigenvalue weighted by atomic mass is 10.3. The van der Waals surface area contributed by atoms with Crippen LogP contribution in [0.2, 0.25) is 0 Å². The van der Waals surface area contributed by atoms with Gasteiger partial charge in [-0.15, -0.1) is 0 Å². The van der Waals surface area contributed by atoms with Gasteiger partial charge in [-0.25, -0.2) is 9.78 Å². The van der Waals surface area contributed by atoms with Crippen LogP contribution in [-0.2, 0) is 0 Å². The Hall–Kier alpha value is -2.56. The lowest BCUT2D eigenvalue weighted by Gasteiger charge is -2.09. The number of ether oxygens (including phenoxy) is 1. The largest absolute Gasteiger partial charge is 0.494 e. The summed E-state index contributed by atoms with van der Waals surface area (Å²) in [6, 6.07) is 13.1. The van der Waals surface area contributed by atoms with E-state index in [0.29, 0.717) is 19.0 Å². The monoisotopic (exact) mass is 285 g/mol. The molecule has 2 rings (SSSR count). The van der Waals surface area contributed by atoms with Gasteiger partial charge in [-0.05, 0) is 37.1 Å². The van der Waals surface area contributed by atoms with Crippen LogP contribution in [0.5, 0.6) is 5.75 Å². The van der Waals surface area contributed by atoms with E-state index in [9.17, 15) is 4.79 Å². The van der Waals surface area contributed by atoms with Crippen molar-refractivity contribution in [1.29, 1.82) is 0 Å². The number of aryl methyl sites for hydroxylation is 1. The molecule has 5 heteroatoms. The Balaban J connectivity index is 1.63. The molecule has 2 amide bonds. The van der Waals surface area contributed by atoms with Crippen LogP contribution in [0.25, 0.3) is 0 Å². The fraction of sp³-hybridized carbons (Fsp3) is 0.250. The first-order chi connectivity index (χ1) is 10.3. The van der Waals surface area contributed by atoms with Gasteiger partial charge in [0.1, 0.15) is 11.6 Å². The van der Waals surface area contributed by atoms with Crippen molar-refractivity contribution in [2.75, 3.05) is 18.5 Å². The Labute approximate surface area is 124 Å². The number of carbonyl (C=O) groups is 1. The highest BCUT2D eigenvalue weighted by Gasteiger charge is 2.03. The third kappa shape index (κ3) is 5.14. The summed E-state index contributed by atoms with van der Waals surface area (Å²) >= 11 is 0. The van der Waals surface area contributed by atoms with Crippen LogP contribution in [-0.4, -0.2) is 24.2 Å². The molecule has 0 aliphatic carbocycles. The molecule has 2 aromatic rings. The third-order valence-corrected chi connectivity index (χ3v) is 2.86. The van der Waals surface area contributed by atoms with Gasteiger partial charge in [-0.2, -0.15) is 0 Å². The lowest BCUT2D eigenvalue weighted by Crippen LogP contribution is -2.30. The lowest BCUT2D eigenvalue weighted by molar-refractivity contribution is 0.250. The van der Waals surface area contributed by atoms with Crippen molar-refractivity contribution in [3.8, 4) is 5.75 Å². The average Bonchev–Trinajstić information content (AvgIpc) is 2.50. The minimum atomic E-state index is -0.253. The van der Waals surface area contributed by atoms with Crippen LogP contribution >= 0.6 is 0 Å². The molecule has 1 aromatic heterocycles. The number of rotatable bonds is 6. The number of urea groups is 1. The van der Waals surface area contributed by atoms with Gasteiger partial charge in [0, 0.05) is 12.7 Å². The number of aromatic nitrogens is 1. The minimum absolute atomic E-state index is 0.253. The summed E-state index contributed by atoms with van der Waals surface area (Å²) < 4.78 is 5.54. The second-order valence-electron chi connectivity index (χ2n) is 4.56. The third-order valence-electron chi connectivity index (χ3n) is 2.86. The standard InChI is InChI=1S/C16H19N3O2/c1-13-7-5-10-17-15(13)19-16(20)18-11-6-12-21-14-8-3-2-4-9-14/h2-5,7-10H,6,11-12H2,1H3,(H2,17,18,19,20). The molecule has 1 aromatic carbocycles. The second-order valence-corrected chi connectivity index (χ2v) is 4.56. The van der Waals surface area contributed by atoms with Crippen LogP contribution in [0, 0.1) is 6.92 Å². The molecule has 5 nitrogen and oxygen atoms in total. The second kappa shape index (κ2) is 7.89. The van der Waals surface area contributed by atoms with Crippen molar-refractivity contribution >= 4 is 11.8 Å². The molecule has 0 saturated heterocycles. The zero-order chi connectivity index (χ0) is 14.9. The number of hydrogen-bond acceptors (Lipinski definition) is 3. The fourth-order valence-corrected chi connectivity index (χ4v) is 1.75. The maximum absolute atomic E-state index is 11.7. The Morgan fingerprint density at radius 2 is 2.00 bits per heavy atom. The predicted molar refractivity (Wildman–Crippen MR) is 82.5 cm³/mol. The van der Waals surface area contributed by atoms with Gasteiger partial charge in [0.25, 0.3) is 0 Å². The number of anilines is 1. The number of nitrogens with one attached hydrogen (secondary N) is 2. The maximum atomic E-state index is 11.7. The first kappa shape index (κ1) is 14.8. The van der Waals surface area contributed by atoms with E-state index in [4.69, 9.17) is 4.74 Å². The molecule has 0 unspecified atom stereocenters. The maximum Gasteiger partial charge on any atom is 0.320 e.